The van der Waals surface area contributed by atoms with Crippen molar-refractivity contribution in [3.63, 3.8) is 0 Å². The normalized spacial score (nSPS) is 12.4. The number of carbonyl (C=O) groups excluding carboxylic acids is 1. The van der Waals surface area contributed by atoms with Crippen LogP contribution >= 0.6 is 15.9 Å². The lowest BCUT2D eigenvalue weighted by molar-refractivity contribution is -0.140. The highest BCUT2D eigenvalue weighted by Gasteiger charge is 2.34. The molecule has 3 aromatic carbocycles. The summed E-state index contributed by atoms with van der Waals surface area (Å²) in [4.78, 5) is 12.7. The molecule has 1 N–H and O–H groups in total. The van der Waals surface area contributed by atoms with Crippen LogP contribution < -0.4 is 5.32 Å². The molecule has 0 unspecified atom stereocenters. The Hall–Kier alpha value is -2.67. The summed E-state index contributed by atoms with van der Waals surface area (Å²) >= 11 is 3.39. The third-order valence-corrected chi connectivity index (χ3v) is 4.87. The van der Waals surface area contributed by atoms with Gasteiger partial charge in [0.15, 0.2) is 0 Å². The van der Waals surface area contributed by atoms with Crippen molar-refractivity contribution in [2.45, 2.75) is 18.6 Å². The first kappa shape index (κ1) is 21.0. The number of hydrogen-bond donors (Lipinski definition) is 1. The summed E-state index contributed by atoms with van der Waals surface area (Å²) < 4.78 is 53.3. The third-order valence-electron chi connectivity index (χ3n) is 4.37. The van der Waals surface area contributed by atoms with Gasteiger partial charge in [-0.1, -0.05) is 58.4 Å². The lowest BCUT2D eigenvalue weighted by Gasteiger charge is -2.20. The van der Waals surface area contributed by atoms with Gasteiger partial charge in [-0.15, -0.1) is 0 Å². The molecule has 1 atom stereocenters. The molecule has 7 heteroatoms. The zero-order valence-electron chi connectivity index (χ0n) is 15.0. The number of amides is 1. The highest BCUT2D eigenvalue weighted by atomic mass is 79.9. The van der Waals surface area contributed by atoms with Crippen molar-refractivity contribution in [3.05, 3.63) is 105 Å². The molecular weight excluding hydrogens is 450 g/mol. The third kappa shape index (κ3) is 5.44. The Labute approximate surface area is 173 Å². The van der Waals surface area contributed by atoms with E-state index in [4.69, 9.17) is 0 Å². The van der Waals surface area contributed by atoms with E-state index in [0.717, 1.165) is 21.7 Å². The maximum atomic E-state index is 13.5. The Balaban J connectivity index is 1.90. The quantitative estimate of drug-likeness (QED) is 0.438. The summed E-state index contributed by atoms with van der Waals surface area (Å²) in [6.45, 7) is 0. The number of nitrogens with one attached hydrogen (secondary N) is 1. The summed E-state index contributed by atoms with van der Waals surface area (Å²) in [5.41, 5.74) is 0.0154. The van der Waals surface area contributed by atoms with E-state index in [-0.39, 0.29) is 5.56 Å². The number of alkyl halides is 3. The molecule has 0 spiro atoms. The minimum absolute atomic E-state index is 0.258. The van der Waals surface area contributed by atoms with E-state index in [1.165, 1.54) is 0 Å². The predicted octanol–water partition coefficient (Wildman–Crippen LogP) is 6.32. The number of halogens is 5. The van der Waals surface area contributed by atoms with Gasteiger partial charge in [0.2, 0.25) is 0 Å². The molecule has 2 nitrogen and oxygen atoms in total. The van der Waals surface area contributed by atoms with Crippen molar-refractivity contribution in [2.75, 3.05) is 0 Å². The Kier molecular flexibility index (Phi) is 6.37. The fourth-order valence-electron chi connectivity index (χ4n) is 2.95. The van der Waals surface area contributed by atoms with Crippen LogP contribution in [-0.2, 0) is 12.6 Å². The van der Waals surface area contributed by atoms with Crippen molar-refractivity contribution in [1.82, 2.24) is 5.32 Å². The average Bonchev–Trinajstić information content (AvgIpc) is 2.67. The van der Waals surface area contributed by atoms with E-state index in [1.807, 2.05) is 54.6 Å². The molecule has 150 valence electrons. The molecule has 0 bridgehead atoms. The lowest BCUT2D eigenvalue weighted by atomic mass is 9.98. The number of benzene rings is 3. The van der Waals surface area contributed by atoms with Crippen molar-refractivity contribution < 1.29 is 22.4 Å². The van der Waals surface area contributed by atoms with Crippen LogP contribution in [0.5, 0.6) is 0 Å². The molecule has 0 radical (unpaired) electrons. The van der Waals surface area contributed by atoms with Gasteiger partial charge in [-0.05, 0) is 47.9 Å². The van der Waals surface area contributed by atoms with Gasteiger partial charge in [0, 0.05) is 10.0 Å². The Morgan fingerprint density at radius 2 is 1.69 bits per heavy atom. The molecule has 3 aromatic rings. The zero-order valence-corrected chi connectivity index (χ0v) is 16.6. The van der Waals surface area contributed by atoms with Crippen LogP contribution in [0.4, 0.5) is 17.6 Å². The van der Waals surface area contributed by atoms with Gasteiger partial charge >= 0.3 is 6.18 Å². The second-order valence-corrected chi connectivity index (χ2v) is 7.38. The summed E-state index contributed by atoms with van der Waals surface area (Å²) in [6.07, 6.45) is -4.44. The second kappa shape index (κ2) is 8.78. The minimum atomic E-state index is -4.88. The average molecular weight is 466 g/mol. The van der Waals surface area contributed by atoms with E-state index in [2.05, 4.69) is 21.2 Å². The largest absolute Gasteiger partial charge is 0.419 e. The molecule has 0 saturated heterocycles. The zero-order chi connectivity index (χ0) is 21.0. The van der Waals surface area contributed by atoms with Crippen LogP contribution in [0, 0.1) is 5.82 Å². The van der Waals surface area contributed by atoms with Crippen molar-refractivity contribution >= 4 is 21.8 Å². The van der Waals surface area contributed by atoms with Gasteiger partial charge in [0.25, 0.3) is 5.91 Å². The number of hydrogen-bond acceptors (Lipinski definition) is 1. The molecule has 0 saturated carbocycles. The molecule has 3 rings (SSSR count). The standard InChI is InChI=1S/C22H16BrF4NO/c23-17-8-4-7-15(12-17)20(11-14-5-2-1-3-6-14)28-21(29)16-9-10-19(24)18(13-16)22(25,26)27/h1-10,12-13,20H,11H2,(H,28,29)/t20-/m1/s1. The van der Waals surface area contributed by atoms with Gasteiger partial charge in [-0.25, -0.2) is 4.39 Å². The van der Waals surface area contributed by atoms with Crippen molar-refractivity contribution in [1.29, 1.82) is 0 Å². The highest BCUT2D eigenvalue weighted by Crippen LogP contribution is 2.32. The topological polar surface area (TPSA) is 29.1 Å². The molecule has 29 heavy (non-hydrogen) atoms. The molecule has 0 aliphatic carbocycles. The molecule has 1 amide bonds. The highest BCUT2D eigenvalue weighted by molar-refractivity contribution is 9.10. The van der Waals surface area contributed by atoms with Crippen LogP contribution in [0.25, 0.3) is 0 Å². The molecule has 0 heterocycles. The van der Waals surface area contributed by atoms with Gasteiger partial charge in [-0.3, -0.25) is 4.79 Å². The Bertz CT molecular complexity index is 1010. The van der Waals surface area contributed by atoms with Crippen LogP contribution in [0.15, 0.2) is 77.3 Å². The molecule has 0 aliphatic rings. The molecule has 0 aromatic heterocycles. The minimum Gasteiger partial charge on any atom is -0.345 e. The second-order valence-electron chi connectivity index (χ2n) is 6.46. The van der Waals surface area contributed by atoms with E-state index in [0.29, 0.717) is 18.6 Å². The van der Waals surface area contributed by atoms with E-state index < -0.39 is 29.5 Å². The van der Waals surface area contributed by atoms with Crippen molar-refractivity contribution in [3.8, 4) is 0 Å². The maximum absolute atomic E-state index is 13.5. The first-order valence-corrected chi connectivity index (χ1v) is 9.50. The summed E-state index contributed by atoms with van der Waals surface area (Å²) in [5, 5.41) is 2.77. The lowest BCUT2D eigenvalue weighted by Crippen LogP contribution is -2.30. The Morgan fingerprint density at radius 1 is 0.966 bits per heavy atom. The van der Waals surface area contributed by atoms with E-state index >= 15 is 0 Å². The van der Waals surface area contributed by atoms with Crippen molar-refractivity contribution in [2.24, 2.45) is 0 Å². The SMILES string of the molecule is O=C(N[C@H](Cc1ccccc1)c1cccc(Br)c1)c1ccc(F)c(C(F)(F)F)c1. The van der Waals surface area contributed by atoms with Gasteiger partial charge in [-0.2, -0.15) is 13.2 Å². The van der Waals surface area contributed by atoms with Crippen LogP contribution in [0.2, 0.25) is 0 Å². The smallest absolute Gasteiger partial charge is 0.345 e. The molecular formula is C22H16BrF4NO. The summed E-state index contributed by atoms with van der Waals surface area (Å²) in [6, 6.07) is 18.4. The van der Waals surface area contributed by atoms with E-state index in [9.17, 15) is 22.4 Å². The maximum Gasteiger partial charge on any atom is 0.419 e. The summed E-state index contributed by atoms with van der Waals surface area (Å²) in [5.74, 6) is -2.13. The Morgan fingerprint density at radius 3 is 2.34 bits per heavy atom. The van der Waals surface area contributed by atoms with Crippen LogP contribution in [0.1, 0.15) is 33.1 Å². The summed E-state index contributed by atoms with van der Waals surface area (Å²) in [7, 11) is 0. The molecule has 0 fully saturated rings. The van der Waals surface area contributed by atoms with Crippen LogP contribution in [0.3, 0.4) is 0 Å². The molecule has 0 aliphatic heterocycles. The van der Waals surface area contributed by atoms with Gasteiger partial charge in [0.1, 0.15) is 5.82 Å². The van der Waals surface area contributed by atoms with Gasteiger partial charge < -0.3 is 5.32 Å². The fourth-order valence-corrected chi connectivity index (χ4v) is 3.37. The first-order chi connectivity index (χ1) is 13.7. The predicted molar refractivity (Wildman–Crippen MR) is 106 cm³/mol. The number of carbonyl (C=O) groups is 1. The first-order valence-electron chi connectivity index (χ1n) is 8.71. The fraction of sp³-hybridized carbons (Fsp3) is 0.136. The van der Waals surface area contributed by atoms with Gasteiger partial charge in [0.05, 0.1) is 11.6 Å². The van der Waals surface area contributed by atoms with E-state index in [1.54, 1.807) is 0 Å². The van der Waals surface area contributed by atoms with Crippen LogP contribution in [-0.4, -0.2) is 5.91 Å². The number of rotatable bonds is 5. The monoisotopic (exact) mass is 465 g/mol.